The van der Waals surface area contributed by atoms with E-state index in [-0.39, 0.29) is 11.7 Å². The van der Waals surface area contributed by atoms with Gasteiger partial charge in [-0.15, -0.1) is 0 Å². The summed E-state index contributed by atoms with van der Waals surface area (Å²) in [5, 5.41) is 0. The zero-order chi connectivity index (χ0) is 12.4. The summed E-state index contributed by atoms with van der Waals surface area (Å²) < 4.78 is 0. The maximum Gasteiger partial charge on any atom is 0.170 e. The van der Waals surface area contributed by atoms with Gasteiger partial charge in [-0.1, -0.05) is 54.6 Å². The lowest BCUT2D eigenvalue weighted by Crippen LogP contribution is -2.18. The highest BCUT2D eigenvalue weighted by Gasteiger charge is 2.26. The highest BCUT2D eigenvalue weighted by molar-refractivity contribution is 6.01. The van der Waals surface area contributed by atoms with Gasteiger partial charge in [0.25, 0.3) is 0 Å². The van der Waals surface area contributed by atoms with E-state index < -0.39 is 0 Å². The van der Waals surface area contributed by atoms with Crippen molar-refractivity contribution >= 4 is 5.78 Å². The maximum absolute atomic E-state index is 12.6. The molecule has 2 aromatic carbocycles. The molecule has 0 aliphatic heterocycles. The van der Waals surface area contributed by atoms with Gasteiger partial charge in [-0.2, -0.15) is 0 Å². The van der Waals surface area contributed by atoms with Crippen LogP contribution >= 0.6 is 0 Å². The third-order valence-corrected chi connectivity index (χ3v) is 3.74. The zero-order valence-electron chi connectivity index (χ0n) is 10.3. The molecule has 0 spiro atoms. The van der Waals surface area contributed by atoms with E-state index >= 15 is 0 Å². The first-order valence-corrected chi connectivity index (χ1v) is 6.53. The quantitative estimate of drug-likeness (QED) is 0.720. The van der Waals surface area contributed by atoms with Crippen LogP contribution in [0.25, 0.3) is 0 Å². The number of fused-ring (bicyclic) bond motifs is 1. The Morgan fingerprint density at radius 3 is 2.50 bits per heavy atom. The van der Waals surface area contributed by atoms with Gasteiger partial charge in [0.05, 0.1) is 0 Å². The number of aryl methyl sites for hydroxylation is 1. The average Bonchev–Trinajstić information content (AvgIpc) is 2.47. The van der Waals surface area contributed by atoms with Crippen molar-refractivity contribution in [3.63, 3.8) is 0 Å². The monoisotopic (exact) mass is 236 g/mol. The van der Waals surface area contributed by atoms with Crippen molar-refractivity contribution < 1.29 is 4.79 Å². The molecule has 90 valence electrons. The number of ketones is 1. The molecule has 0 heterocycles. The van der Waals surface area contributed by atoms with Crippen molar-refractivity contribution in [2.24, 2.45) is 0 Å². The smallest absolute Gasteiger partial charge is 0.170 e. The summed E-state index contributed by atoms with van der Waals surface area (Å²) in [7, 11) is 0. The minimum atomic E-state index is 0.0531. The summed E-state index contributed by atoms with van der Waals surface area (Å²) in [6.07, 6.45) is 3.19. The van der Waals surface area contributed by atoms with Crippen molar-refractivity contribution in [3.8, 4) is 0 Å². The Hall–Kier alpha value is -1.89. The first-order valence-electron chi connectivity index (χ1n) is 6.53. The van der Waals surface area contributed by atoms with Crippen molar-refractivity contribution in [1.82, 2.24) is 0 Å². The van der Waals surface area contributed by atoms with Gasteiger partial charge >= 0.3 is 0 Å². The molecule has 0 saturated carbocycles. The van der Waals surface area contributed by atoms with Crippen molar-refractivity contribution in [1.29, 1.82) is 0 Å². The number of rotatable bonds is 2. The van der Waals surface area contributed by atoms with E-state index in [9.17, 15) is 4.79 Å². The fraction of sp³-hybridized carbons (Fsp3) is 0.235. The van der Waals surface area contributed by atoms with Crippen LogP contribution < -0.4 is 0 Å². The van der Waals surface area contributed by atoms with Gasteiger partial charge in [0, 0.05) is 11.5 Å². The number of hydrogen-bond acceptors (Lipinski definition) is 1. The summed E-state index contributed by atoms with van der Waals surface area (Å²) in [6, 6.07) is 18.0. The Labute approximate surface area is 107 Å². The standard InChI is InChI=1S/C17H16O/c18-17(14-8-2-1-3-9-14)16-12-6-10-13-7-4-5-11-15(13)16/h1-5,7-9,11,16H,6,10,12H2. The maximum atomic E-state index is 12.6. The molecule has 0 saturated heterocycles. The second-order valence-corrected chi connectivity index (χ2v) is 4.87. The Bertz CT molecular complexity index is 557. The summed E-state index contributed by atoms with van der Waals surface area (Å²) in [6.45, 7) is 0. The lowest BCUT2D eigenvalue weighted by molar-refractivity contribution is 0.0951. The Morgan fingerprint density at radius 1 is 0.944 bits per heavy atom. The van der Waals surface area contributed by atoms with E-state index in [0.717, 1.165) is 24.8 Å². The molecule has 1 unspecified atom stereocenters. The van der Waals surface area contributed by atoms with Gasteiger partial charge in [-0.25, -0.2) is 0 Å². The highest BCUT2D eigenvalue weighted by atomic mass is 16.1. The van der Waals surface area contributed by atoms with Crippen molar-refractivity contribution in [3.05, 3.63) is 71.3 Å². The lowest BCUT2D eigenvalue weighted by Gasteiger charge is -2.24. The number of Topliss-reactive ketones (excluding diaryl/α,β-unsaturated/α-hetero) is 1. The van der Waals surface area contributed by atoms with E-state index in [2.05, 4.69) is 18.2 Å². The Morgan fingerprint density at radius 2 is 1.67 bits per heavy atom. The van der Waals surface area contributed by atoms with Crippen LogP contribution in [-0.2, 0) is 6.42 Å². The fourth-order valence-corrected chi connectivity index (χ4v) is 2.83. The Kier molecular flexibility index (Phi) is 2.97. The van der Waals surface area contributed by atoms with Gasteiger partial charge < -0.3 is 0 Å². The molecule has 18 heavy (non-hydrogen) atoms. The van der Waals surface area contributed by atoms with Gasteiger partial charge in [0.1, 0.15) is 0 Å². The number of hydrogen-bond donors (Lipinski definition) is 0. The molecule has 0 N–H and O–H groups in total. The zero-order valence-corrected chi connectivity index (χ0v) is 10.3. The largest absolute Gasteiger partial charge is 0.293 e. The third kappa shape index (κ3) is 1.97. The normalized spacial score (nSPS) is 18.1. The molecule has 0 amide bonds. The van der Waals surface area contributed by atoms with Crippen LogP contribution in [0, 0.1) is 0 Å². The fourth-order valence-electron chi connectivity index (χ4n) is 2.83. The summed E-state index contributed by atoms with van der Waals surface area (Å²) >= 11 is 0. The lowest BCUT2D eigenvalue weighted by atomic mass is 9.79. The number of carbonyl (C=O) groups excluding carboxylic acids is 1. The van der Waals surface area contributed by atoms with Gasteiger partial charge in [-0.05, 0) is 30.4 Å². The number of carbonyl (C=O) groups is 1. The molecule has 2 aromatic rings. The molecule has 0 fully saturated rings. The van der Waals surface area contributed by atoms with Crippen molar-refractivity contribution in [2.45, 2.75) is 25.2 Å². The van der Waals surface area contributed by atoms with E-state index in [1.165, 1.54) is 11.1 Å². The SMILES string of the molecule is O=C(c1ccccc1)C1CCCc2ccccc21. The van der Waals surface area contributed by atoms with Crippen LogP contribution in [0.3, 0.4) is 0 Å². The summed E-state index contributed by atoms with van der Waals surface area (Å²) in [5.41, 5.74) is 3.41. The second-order valence-electron chi connectivity index (χ2n) is 4.87. The third-order valence-electron chi connectivity index (χ3n) is 3.74. The van der Waals surface area contributed by atoms with Crippen molar-refractivity contribution in [2.75, 3.05) is 0 Å². The topological polar surface area (TPSA) is 17.1 Å². The van der Waals surface area contributed by atoms with Crippen LogP contribution in [0.15, 0.2) is 54.6 Å². The summed E-state index contributed by atoms with van der Waals surface area (Å²) in [5.74, 6) is 0.320. The predicted molar refractivity (Wildman–Crippen MR) is 72.9 cm³/mol. The minimum absolute atomic E-state index is 0.0531. The van der Waals surface area contributed by atoms with Crippen LogP contribution in [0.4, 0.5) is 0 Å². The molecule has 1 aliphatic rings. The van der Waals surface area contributed by atoms with Crippen LogP contribution in [0.1, 0.15) is 40.2 Å². The molecule has 3 rings (SSSR count). The molecule has 0 aromatic heterocycles. The molecule has 1 atom stereocenters. The molecular formula is C17H16O. The molecule has 0 radical (unpaired) electrons. The molecule has 0 bridgehead atoms. The highest BCUT2D eigenvalue weighted by Crippen LogP contribution is 2.33. The van der Waals surface area contributed by atoms with E-state index in [0.29, 0.717) is 0 Å². The number of benzene rings is 2. The molecule has 1 heteroatoms. The van der Waals surface area contributed by atoms with Crippen LogP contribution in [0.2, 0.25) is 0 Å². The second kappa shape index (κ2) is 4.77. The van der Waals surface area contributed by atoms with E-state index in [1.54, 1.807) is 0 Å². The summed E-state index contributed by atoms with van der Waals surface area (Å²) in [4.78, 5) is 12.6. The predicted octanol–water partition coefficient (Wildman–Crippen LogP) is 3.99. The van der Waals surface area contributed by atoms with Gasteiger partial charge in [0.15, 0.2) is 5.78 Å². The van der Waals surface area contributed by atoms with Crippen LogP contribution in [0.5, 0.6) is 0 Å². The van der Waals surface area contributed by atoms with Gasteiger partial charge in [-0.3, -0.25) is 4.79 Å². The molecule has 1 nitrogen and oxygen atoms in total. The first-order chi connectivity index (χ1) is 8.86. The Balaban J connectivity index is 1.97. The van der Waals surface area contributed by atoms with E-state index in [1.807, 2.05) is 36.4 Å². The first kappa shape index (κ1) is 11.2. The van der Waals surface area contributed by atoms with Gasteiger partial charge in [0.2, 0.25) is 0 Å². The average molecular weight is 236 g/mol. The molecule has 1 aliphatic carbocycles. The van der Waals surface area contributed by atoms with Crippen LogP contribution in [-0.4, -0.2) is 5.78 Å². The van der Waals surface area contributed by atoms with E-state index in [4.69, 9.17) is 0 Å². The molecular weight excluding hydrogens is 220 g/mol. The minimum Gasteiger partial charge on any atom is -0.293 e.